The van der Waals surface area contributed by atoms with E-state index in [9.17, 15) is 4.79 Å². The molecular weight excluding hydrogens is 216 g/mol. The fourth-order valence-corrected chi connectivity index (χ4v) is 2.36. The zero-order chi connectivity index (χ0) is 12.7. The summed E-state index contributed by atoms with van der Waals surface area (Å²) in [6, 6.07) is -0.0930. The van der Waals surface area contributed by atoms with Gasteiger partial charge in [0.05, 0.1) is 6.04 Å². The Morgan fingerprint density at radius 1 is 1.59 bits per heavy atom. The Morgan fingerprint density at radius 2 is 2.24 bits per heavy atom. The maximum Gasteiger partial charge on any atom is 0.240 e. The van der Waals surface area contributed by atoms with Crippen molar-refractivity contribution in [2.75, 3.05) is 20.3 Å². The summed E-state index contributed by atoms with van der Waals surface area (Å²) in [5, 5.41) is 0. The van der Waals surface area contributed by atoms with Gasteiger partial charge in [-0.2, -0.15) is 0 Å². The van der Waals surface area contributed by atoms with Crippen LogP contribution in [0.3, 0.4) is 0 Å². The Hall–Kier alpha value is -0.870. The summed E-state index contributed by atoms with van der Waals surface area (Å²) >= 11 is 0. The average Bonchev–Trinajstić information content (AvgIpc) is 2.85. The lowest BCUT2D eigenvalue weighted by atomic mass is 10.1. The van der Waals surface area contributed by atoms with Crippen LogP contribution in [0.5, 0.6) is 0 Å². The van der Waals surface area contributed by atoms with Gasteiger partial charge in [-0.15, -0.1) is 6.58 Å². The molecule has 0 radical (unpaired) electrons. The molecule has 0 aliphatic heterocycles. The Balaban J connectivity index is 2.55. The highest BCUT2D eigenvalue weighted by Gasteiger charge is 2.28. The number of rotatable bonds is 7. The second-order valence-electron chi connectivity index (χ2n) is 4.61. The van der Waals surface area contributed by atoms with E-state index in [1.165, 1.54) is 12.8 Å². The van der Waals surface area contributed by atoms with E-state index in [0.717, 1.165) is 12.8 Å². The largest absolute Gasteiger partial charge is 0.385 e. The molecule has 1 fully saturated rings. The van der Waals surface area contributed by atoms with E-state index in [1.807, 2.05) is 4.90 Å². The molecule has 1 aliphatic carbocycles. The molecule has 17 heavy (non-hydrogen) atoms. The SMILES string of the molecule is C=CCN(C(=O)C(N)CCOC)C1CCCC1. The van der Waals surface area contributed by atoms with E-state index in [-0.39, 0.29) is 5.91 Å². The summed E-state index contributed by atoms with van der Waals surface area (Å²) in [5.41, 5.74) is 5.90. The number of carbonyl (C=O) groups excluding carboxylic acids is 1. The van der Waals surface area contributed by atoms with E-state index in [1.54, 1.807) is 13.2 Å². The van der Waals surface area contributed by atoms with Crippen LogP contribution in [0.4, 0.5) is 0 Å². The van der Waals surface area contributed by atoms with Gasteiger partial charge >= 0.3 is 0 Å². The van der Waals surface area contributed by atoms with Crippen molar-refractivity contribution >= 4 is 5.91 Å². The molecule has 1 aliphatic rings. The predicted octanol–water partition coefficient (Wildman–Crippen LogP) is 1.31. The first kappa shape index (κ1) is 14.2. The molecule has 0 aromatic carbocycles. The number of nitrogens with zero attached hydrogens (tertiary/aromatic N) is 1. The van der Waals surface area contributed by atoms with Crippen LogP contribution >= 0.6 is 0 Å². The van der Waals surface area contributed by atoms with E-state index in [4.69, 9.17) is 10.5 Å². The molecule has 0 aromatic rings. The van der Waals surface area contributed by atoms with Gasteiger partial charge in [0, 0.05) is 26.3 Å². The Bertz CT molecular complexity index is 250. The second-order valence-corrected chi connectivity index (χ2v) is 4.61. The maximum atomic E-state index is 12.2. The minimum atomic E-state index is -0.449. The number of amides is 1. The fraction of sp³-hybridized carbons (Fsp3) is 0.769. The molecule has 2 N–H and O–H groups in total. The third-order valence-corrected chi connectivity index (χ3v) is 3.32. The van der Waals surface area contributed by atoms with E-state index in [2.05, 4.69) is 6.58 Å². The number of hydrogen-bond donors (Lipinski definition) is 1. The number of ether oxygens (including phenoxy) is 1. The molecule has 1 unspecified atom stereocenters. The van der Waals surface area contributed by atoms with Crippen molar-refractivity contribution in [3.05, 3.63) is 12.7 Å². The molecule has 0 aromatic heterocycles. The summed E-state index contributed by atoms with van der Waals surface area (Å²) < 4.78 is 4.96. The van der Waals surface area contributed by atoms with Crippen molar-refractivity contribution in [2.24, 2.45) is 5.73 Å². The maximum absolute atomic E-state index is 12.2. The van der Waals surface area contributed by atoms with Crippen molar-refractivity contribution in [3.8, 4) is 0 Å². The lowest BCUT2D eigenvalue weighted by molar-refractivity contribution is -0.134. The van der Waals surface area contributed by atoms with Crippen LogP contribution in [0.1, 0.15) is 32.1 Å². The second kappa shape index (κ2) is 7.45. The van der Waals surface area contributed by atoms with E-state index in [0.29, 0.717) is 25.6 Å². The van der Waals surface area contributed by atoms with Gasteiger partial charge < -0.3 is 15.4 Å². The van der Waals surface area contributed by atoms with Gasteiger partial charge in [-0.25, -0.2) is 0 Å². The normalized spacial score (nSPS) is 18.0. The highest BCUT2D eigenvalue weighted by molar-refractivity contribution is 5.82. The molecule has 98 valence electrons. The first-order valence-corrected chi connectivity index (χ1v) is 6.36. The number of hydrogen-bond acceptors (Lipinski definition) is 3. The number of methoxy groups -OCH3 is 1. The molecule has 4 nitrogen and oxygen atoms in total. The van der Waals surface area contributed by atoms with Gasteiger partial charge in [-0.1, -0.05) is 18.9 Å². The molecule has 4 heteroatoms. The molecule has 0 saturated heterocycles. The van der Waals surface area contributed by atoms with Gasteiger partial charge in [0.1, 0.15) is 0 Å². The fourth-order valence-electron chi connectivity index (χ4n) is 2.36. The average molecular weight is 240 g/mol. The summed E-state index contributed by atoms with van der Waals surface area (Å²) in [6.45, 7) is 4.85. The van der Waals surface area contributed by atoms with Gasteiger partial charge in [0.25, 0.3) is 0 Å². The van der Waals surface area contributed by atoms with E-state index >= 15 is 0 Å². The van der Waals surface area contributed by atoms with Crippen molar-refractivity contribution in [1.29, 1.82) is 0 Å². The zero-order valence-electron chi connectivity index (χ0n) is 10.7. The first-order valence-electron chi connectivity index (χ1n) is 6.36. The number of carbonyl (C=O) groups is 1. The molecule has 1 rings (SSSR count). The summed E-state index contributed by atoms with van der Waals surface area (Å²) in [6.07, 6.45) is 6.96. The monoisotopic (exact) mass is 240 g/mol. The third-order valence-electron chi connectivity index (χ3n) is 3.32. The summed E-state index contributed by atoms with van der Waals surface area (Å²) in [4.78, 5) is 14.1. The standard InChI is InChI=1S/C13H24N2O2/c1-3-9-15(11-6-4-5-7-11)13(16)12(14)8-10-17-2/h3,11-12H,1,4-10,14H2,2H3. The van der Waals surface area contributed by atoms with Gasteiger partial charge in [-0.05, 0) is 19.3 Å². The Morgan fingerprint density at radius 3 is 2.76 bits per heavy atom. The van der Waals surface area contributed by atoms with Crippen molar-refractivity contribution in [1.82, 2.24) is 4.90 Å². The minimum Gasteiger partial charge on any atom is -0.385 e. The minimum absolute atomic E-state index is 0.0360. The molecule has 0 heterocycles. The summed E-state index contributed by atoms with van der Waals surface area (Å²) in [5.74, 6) is 0.0360. The first-order chi connectivity index (χ1) is 8.20. The molecule has 1 saturated carbocycles. The molecule has 0 spiro atoms. The smallest absolute Gasteiger partial charge is 0.240 e. The van der Waals surface area contributed by atoms with Crippen LogP contribution < -0.4 is 5.73 Å². The lowest BCUT2D eigenvalue weighted by Gasteiger charge is -2.30. The number of nitrogens with two attached hydrogens (primary N) is 1. The van der Waals surface area contributed by atoms with Crippen LogP contribution in [0.2, 0.25) is 0 Å². The highest BCUT2D eigenvalue weighted by Crippen LogP contribution is 2.24. The van der Waals surface area contributed by atoms with Crippen LogP contribution in [0, 0.1) is 0 Å². The van der Waals surface area contributed by atoms with Crippen LogP contribution in [0.15, 0.2) is 12.7 Å². The molecule has 0 bridgehead atoms. The van der Waals surface area contributed by atoms with Crippen molar-refractivity contribution in [2.45, 2.75) is 44.2 Å². The zero-order valence-corrected chi connectivity index (χ0v) is 10.7. The van der Waals surface area contributed by atoms with Gasteiger partial charge in [-0.3, -0.25) is 4.79 Å². The van der Waals surface area contributed by atoms with Crippen LogP contribution in [-0.2, 0) is 9.53 Å². The highest BCUT2D eigenvalue weighted by atomic mass is 16.5. The Kier molecular flexibility index (Phi) is 6.22. The quantitative estimate of drug-likeness (QED) is 0.683. The van der Waals surface area contributed by atoms with Crippen LogP contribution in [-0.4, -0.2) is 43.2 Å². The lowest BCUT2D eigenvalue weighted by Crippen LogP contribution is -2.48. The van der Waals surface area contributed by atoms with Crippen LogP contribution in [0.25, 0.3) is 0 Å². The van der Waals surface area contributed by atoms with Crippen molar-refractivity contribution in [3.63, 3.8) is 0 Å². The van der Waals surface area contributed by atoms with Gasteiger partial charge in [0.2, 0.25) is 5.91 Å². The predicted molar refractivity (Wildman–Crippen MR) is 68.6 cm³/mol. The molecular formula is C13H24N2O2. The Labute approximate surface area is 104 Å². The summed E-state index contributed by atoms with van der Waals surface area (Å²) in [7, 11) is 1.62. The molecule has 1 amide bonds. The van der Waals surface area contributed by atoms with E-state index < -0.39 is 6.04 Å². The molecule has 1 atom stereocenters. The van der Waals surface area contributed by atoms with Gasteiger partial charge in [0.15, 0.2) is 0 Å². The van der Waals surface area contributed by atoms with Crippen molar-refractivity contribution < 1.29 is 9.53 Å². The third kappa shape index (κ3) is 4.13. The topological polar surface area (TPSA) is 55.6 Å².